The van der Waals surface area contributed by atoms with Crippen molar-refractivity contribution in [1.29, 1.82) is 0 Å². The summed E-state index contributed by atoms with van der Waals surface area (Å²) in [6, 6.07) is 10.5. The van der Waals surface area contributed by atoms with Crippen LogP contribution in [0.25, 0.3) is 11.0 Å². The number of carbonyl (C=O) groups is 1. The fourth-order valence-electron chi connectivity index (χ4n) is 3.88. The van der Waals surface area contributed by atoms with Crippen molar-refractivity contribution in [2.75, 3.05) is 6.61 Å². The van der Waals surface area contributed by atoms with Crippen LogP contribution in [-0.4, -0.2) is 12.5 Å². The molecule has 4 rings (SSSR count). The first-order valence-corrected chi connectivity index (χ1v) is 10.7. The molecular formula is C22H20BrClFNO3. The lowest BCUT2D eigenvalue weighted by Gasteiger charge is -2.20. The van der Waals surface area contributed by atoms with E-state index < -0.39 is 5.82 Å². The minimum Gasteiger partial charge on any atom is -0.493 e. The van der Waals surface area contributed by atoms with E-state index in [1.807, 2.05) is 18.2 Å². The summed E-state index contributed by atoms with van der Waals surface area (Å²) >= 11 is 9.30. The van der Waals surface area contributed by atoms with Crippen LogP contribution in [-0.2, 0) is 11.3 Å². The molecule has 3 aromatic rings. The molecule has 0 aliphatic heterocycles. The predicted octanol–water partition coefficient (Wildman–Crippen LogP) is 6.10. The molecule has 1 aliphatic rings. The van der Waals surface area contributed by atoms with Crippen molar-refractivity contribution >= 4 is 44.4 Å². The van der Waals surface area contributed by atoms with Crippen LogP contribution in [0.3, 0.4) is 0 Å². The number of benzene rings is 2. The van der Waals surface area contributed by atoms with Gasteiger partial charge in [-0.25, -0.2) is 4.39 Å². The molecule has 152 valence electrons. The minimum absolute atomic E-state index is 0.0599. The number of hydrogen-bond acceptors (Lipinski definition) is 3. The van der Waals surface area contributed by atoms with Gasteiger partial charge in [-0.2, -0.15) is 0 Å². The summed E-state index contributed by atoms with van der Waals surface area (Å²) in [5.74, 6) is 0.164. The Morgan fingerprint density at radius 1 is 1.31 bits per heavy atom. The fraction of sp³-hybridized carbons (Fsp3) is 0.318. The molecule has 0 saturated heterocycles. The minimum atomic E-state index is -0.485. The van der Waals surface area contributed by atoms with Gasteiger partial charge >= 0.3 is 0 Å². The Hall–Kier alpha value is -2.05. The standard InChI is InChI=1S/C22H20BrClFNO3/c23-18-10-16(9-13-7-8-28-21(13)18)29-12-15-4-1-5-17(15)22(27)26-11-14-3-2-6-19(24)20(14)25/h2-3,6-10,15,17H,1,4-5,11-12H2,(H,26,27)/t15-,17+/m1/s1. The topological polar surface area (TPSA) is 51.5 Å². The van der Waals surface area contributed by atoms with Crippen LogP contribution in [0.2, 0.25) is 5.02 Å². The molecule has 0 bridgehead atoms. The Labute approximate surface area is 181 Å². The third-order valence-corrected chi connectivity index (χ3v) is 6.30. The van der Waals surface area contributed by atoms with Crippen LogP contribution in [0, 0.1) is 17.7 Å². The van der Waals surface area contributed by atoms with E-state index in [4.69, 9.17) is 20.8 Å². The van der Waals surface area contributed by atoms with Crippen LogP contribution in [0.5, 0.6) is 5.75 Å². The second-order valence-corrected chi connectivity index (χ2v) is 8.54. The van der Waals surface area contributed by atoms with Crippen LogP contribution < -0.4 is 10.1 Å². The van der Waals surface area contributed by atoms with Crippen molar-refractivity contribution in [1.82, 2.24) is 5.32 Å². The molecule has 1 amide bonds. The smallest absolute Gasteiger partial charge is 0.223 e. The van der Waals surface area contributed by atoms with Crippen LogP contribution in [0.1, 0.15) is 24.8 Å². The van der Waals surface area contributed by atoms with Crippen LogP contribution in [0.15, 0.2) is 51.6 Å². The largest absolute Gasteiger partial charge is 0.493 e. The van der Waals surface area contributed by atoms with E-state index >= 15 is 0 Å². The van der Waals surface area contributed by atoms with Gasteiger partial charge in [-0.05, 0) is 53.0 Å². The number of rotatable bonds is 6. The van der Waals surface area contributed by atoms with E-state index in [2.05, 4.69) is 21.2 Å². The quantitative estimate of drug-likeness (QED) is 0.464. The van der Waals surface area contributed by atoms with E-state index in [9.17, 15) is 9.18 Å². The van der Waals surface area contributed by atoms with Gasteiger partial charge in [-0.15, -0.1) is 0 Å². The number of amides is 1. The molecule has 4 nitrogen and oxygen atoms in total. The summed E-state index contributed by atoms with van der Waals surface area (Å²) in [6.07, 6.45) is 4.35. The van der Waals surface area contributed by atoms with Crippen molar-refractivity contribution in [2.45, 2.75) is 25.8 Å². The molecular weight excluding hydrogens is 461 g/mol. The van der Waals surface area contributed by atoms with Gasteiger partial charge in [0.25, 0.3) is 0 Å². The Balaban J connectivity index is 1.36. The van der Waals surface area contributed by atoms with Gasteiger partial charge in [-0.3, -0.25) is 4.79 Å². The molecule has 2 aromatic carbocycles. The highest BCUT2D eigenvalue weighted by molar-refractivity contribution is 9.10. The van der Waals surface area contributed by atoms with Crippen molar-refractivity contribution in [3.63, 3.8) is 0 Å². The Morgan fingerprint density at radius 2 is 2.17 bits per heavy atom. The van der Waals surface area contributed by atoms with Gasteiger partial charge in [0.15, 0.2) is 0 Å². The van der Waals surface area contributed by atoms with E-state index in [1.165, 1.54) is 6.07 Å². The molecule has 7 heteroatoms. The Kier molecular flexibility index (Phi) is 6.11. The average Bonchev–Trinajstić information content (AvgIpc) is 3.36. The average molecular weight is 481 g/mol. The molecule has 2 atom stereocenters. The van der Waals surface area contributed by atoms with Gasteiger partial charge in [0, 0.05) is 29.3 Å². The lowest BCUT2D eigenvalue weighted by Crippen LogP contribution is -2.34. The molecule has 0 spiro atoms. The Bertz CT molecular complexity index is 1040. The Morgan fingerprint density at radius 3 is 3.03 bits per heavy atom. The monoisotopic (exact) mass is 479 g/mol. The molecule has 29 heavy (non-hydrogen) atoms. The number of furan rings is 1. The van der Waals surface area contributed by atoms with Crippen molar-refractivity contribution in [3.8, 4) is 5.75 Å². The third kappa shape index (κ3) is 4.43. The highest BCUT2D eigenvalue weighted by Crippen LogP contribution is 2.34. The number of fused-ring (bicyclic) bond motifs is 1. The highest BCUT2D eigenvalue weighted by atomic mass is 79.9. The number of hydrogen-bond donors (Lipinski definition) is 1. The number of halogens is 3. The van der Waals surface area contributed by atoms with E-state index in [0.717, 1.165) is 40.5 Å². The summed E-state index contributed by atoms with van der Waals surface area (Å²) < 4.78 is 26.3. The maximum atomic E-state index is 14.0. The summed E-state index contributed by atoms with van der Waals surface area (Å²) in [5, 5.41) is 3.87. The lowest BCUT2D eigenvalue weighted by atomic mass is 9.96. The second-order valence-electron chi connectivity index (χ2n) is 7.28. The van der Waals surface area contributed by atoms with Gasteiger partial charge in [0.05, 0.1) is 22.4 Å². The first-order valence-electron chi connectivity index (χ1n) is 9.53. The summed E-state index contributed by atoms with van der Waals surface area (Å²) in [5.41, 5.74) is 1.17. The zero-order chi connectivity index (χ0) is 20.4. The number of ether oxygens (including phenoxy) is 1. The number of carbonyl (C=O) groups excluding carboxylic acids is 1. The molecule has 1 aliphatic carbocycles. The zero-order valence-corrected chi connectivity index (χ0v) is 17.9. The maximum Gasteiger partial charge on any atom is 0.223 e. The maximum absolute atomic E-state index is 14.0. The molecule has 1 fully saturated rings. The first kappa shape index (κ1) is 20.2. The van der Waals surface area contributed by atoms with Gasteiger partial charge < -0.3 is 14.5 Å². The normalized spacial score (nSPS) is 18.9. The SMILES string of the molecule is O=C(NCc1cccc(Cl)c1F)[C@H]1CCC[C@@H]1COc1cc(Br)c2occc2c1. The summed E-state index contributed by atoms with van der Waals surface area (Å²) in [4.78, 5) is 12.7. The molecule has 1 heterocycles. The van der Waals surface area contributed by atoms with Gasteiger partial charge in [0.1, 0.15) is 17.1 Å². The van der Waals surface area contributed by atoms with E-state index in [-0.39, 0.29) is 29.3 Å². The van der Waals surface area contributed by atoms with Crippen molar-refractivity contribution in [3.05, 3.63) is 63.5 Å². The molecule has 0 radical (unpaired) electrons. The van der Waals surface area contributed by atoms with Crippen molar-refractivity contribution < 1.29 is 18.3 Å². The lowest BCUT2D eigenvalue weighted by molar-refractivity contribution is -0.126. The molecule has 1 saturated carbocycles. The molecule has 1 aromatic heterocycles. The van der Waals surface area contributed by atoms with Crippen molar-refractivity contribution in [2.24, 2.45) is 11.8 Å². The predicted molar refractivity (Wildman–Crippen MR) is 113 cm³/mol. The molecule has 0 unspecified atom stereocenters. The van der Waals surface area contributed by atoms with E-state index in [0.29, 0.717) is 12.2 Å². The van der Waals surface area contributed by atoms with E-state index in [1.54, 1.807) is 18.4 Å². The highest BCUT2D eigenvalue weighted by Gasteiger charge is 2.33. The van der Waals surface area contributed by atoms with Crippen LogP contribution in [0.4, 0.5) is 4.39 Å². The number of nitrogens with one attached hydrogen (secondary N) is 1. The zero-order valence-electron chi connectivity index (χ0n) is 15.6. The van der Waals surface area contributed by atoms with Crippen LogP contribution >= 0.6 is 27.5 Å². The summed E-state index contributed by atoms with van der Waals surface area (Å²) in [7, 11) is 0. The second kappa shape index (κ2) is 8.76. The van der Waals surface area contributed by atoms with Gasteiger partial charge in [0.2, 0.25) is 5.91 Å². The summed E-state index contributed by atoms with van der Waals surface area (Å²) in [6.45, 7) is 0.582. The fourth-order valence-corrected chi connectivity index (χ4v) is 4.62. The van der Waals surface area contributed by atoms with Gasteiger partial charge in [-0.1, -0.05) is 30.2 Å². The third-order valence-electron chi connectivity index (χ3n) is 5.42. The first-order chi connectivity index (χ1) is 14.0. The molecule has 1 N–H and O–H groups in total.